The molecule has 1 aromatic rings. The predicted octanol–water partition coefficient (Wildman–Crippen LogP) is 2.70. The van der Waals surface area contributed by atoms with Crippen molar-refractivity contribution in [1.29, 1.82) is 0 Å². The van der Waals surface area contributed by atoms with E-state index in [1.54, 1.807) is 13.8 Å². The van der Waals surface area contributed by atoms with Crippen molar-refractivity contribution in [1.82, 2.24) is 9.80 Å². The number of Topliss-reactive ketones (excluding diaryl/α,β-unsaturated/α-hetero) is 2. The third-order valence-electron chi connectivity index (χ3n) is 6.00. The molecular weight excluding hydrogens is 338 g/mol. The highest BCUT2D eigenvalue weighted by Crippen LogP contribution is 2.22. The van der Waals surface area contributed by atoms with Crippen molar-refractivity contribution >= 4 is 17.3 Å². The van der Waals surface area contributed by atoms with Crippen LogP contribution in [0.1, 0.15) is 43.5 Å². The van der Waals surface area contributed by atoms with Crippen LogP contribution in [-0.4, -0.2) is 73.7 Å². The van der Waals surface area contributed by atoms with Crippen molar-refractivity contribution < 1.29 is 9.59 Å². The normalized spacial score (nSPS) is 20.0. The van der Waals surface area contributed by atoms with E-state index in [4.69, 9.17) is 0 Å². The van der Waals surface area contributed by atoms with Crippen LogP contribution in [0.4, 0.5) is 5.69 Å². The van der Waals surface area contributed by atoms with Crippen LogP contribution in [0.15, 0.2) is 24.3 Å². The molecule has 2 aliphatic rings. The number of piperazine rings is 1. The van der Waals surface area contributed by atoms with Gasteiger partial charge >= 0.3 is 0 Å². The largest absolute Gasteiger partial charge is 0.369 e. The van der Waals surface area contributed by atoms with Gasteiger partial charge in [-0.05, 0) is 70.8 Å². The molecule has 2 fully saturated rings. The molecule has 27 heavy (non-hydrogen) atoms. The van der Waals surface area contributed by atoms with Gasteiger partial charge in [0.25, 0.3) is 0 Å². The Morgan fingerprint density at radius 1 is 0.963 bits per heavy atom. The first-order valence-electron chi connectivity index (χ1n) is 10.3. The molecule has 1 aromatic carbocycles. The zero-order valence-corrected chi connectivity index (χ0v) is 16.8. The standard InChI is InChI=1S/C22H33N3O2/c1-18(26)17-24-10-7-20(8-11-24)6-9-23-12-14-25(15-13-23)22-5-3-4-21(16-22)19(2)27/h3-5,16,20H,6-15,17H2,1-2H3. The van der Waals surface area contributed by atoms with Gasteiger partial charge in [0, 0.05) is 37.4 Å². The number of likely N-dealkylation sites (tertiary alicyclic amines) is 1. The maximum absolute atomic E-state index is 11.6. The summed E-state index contributed by atoms with van der Waals surface area (Å²) in [5.74, 6) is 1.21. The maximum atomic E-state index is 11.6. The molecule has 148 valence electrons. The molecule has 0 unspecified atom stereocenters. The maximum Gasteiger partial charge on any atom is 0.159 e. The molecule has 0 aromatic heterocycles. The number of anilines is 1. The molecule has 2 heterocycles. The summed E-state index contributed by atoms with van der Waals surface area (Å²) in [7, 11) is 0. The van der Waals surface area contributed by atoms with Crippen LogP contribution >= 0.6 is 0 Å². The zero-order chi connectivity index (χ0) is 19.2. The highest BCUT2D eigenvalue weighted by molar-refractivity contribution is 5.95. The Bertz CT molecular complexity index is 645. The van der Waals surface area contributed by atoms with E-state index in [2.05, 4.69) is 20.8 Å². The number of piperidine rings is 1. The highest BCUT2D eigenvalue weighted by Gasteiger charge is 2.22. The van der Waals surface area contributed by atoms with Gasteiger partial charge in [-0.1, -0.05) is 12.1 Å². The molecule has 0 saturated carbocycles. The van der Waals surface area contributed by atoms with Crippen LogP contribution in [0.25, 0.3) is 0 Å². The molecule has 0 spiro atoms. The first-order chi connectivity index (χ1) is 13.0. The van der Waals surface area contributed by atoms with Crippen LogP contribution in [0, 0.1) is 5.92 Å². The lowest BCUT2D eigenvalue weighted by molar-refractivity contribution is -0.118. The molecule has 2 aliphatic heterocycles. The summed E-state index contributed by atoms with van der Waals surface area (Å²) in [5.41, 5.74) is 1.96. The summed E-state index contributed by atoms with van der Waals surface area (Å²) in [6.07, 6.45) is 3.73. The molecule has 2 saturated heterocycles. The molecule has 3 rings (SSSR count). The molecule has 0 atom stereocenters. The SMILES string of the molecule is CC(=O)CN1CCC(CCN2CCN(c3cccc(C(C)=O)c3)CC2)CC1. The number of hydrogen-bond acceptors (Lipinski definition) is 5. The second-order valence-electron chi connectivity index (χ2n) is 8.15. The molecule has 5 nitrogen and oxygen atoms in total. The summed E-state index contributed by atoms with van der Waals surface area (Å²) in [4.78, 5) is 30.1. The van der Waals surface area contributed by atoms with Gasteiger partial charge in [-0.2, -0.15) is 0 Å². The molecule has 0 radical (unpaired) electrons. The first-order valence-corrected chi connectivity index (χ1v) is 10.3. The average molecular weight is 372 g/mol. The summed E-state index contributed by atoms with van der Waals surface area (Å²) in [6, 6.07) is 8.00. The van der Waals surface area contributed by atoms with E-state index in [-0.39, 0.29) is 11.6 Å². The quantitative estimate of drug-likeness (QED) is 0.690. The summed E-state index contributed by atoms with van der Waals surface area (Å²) < 4.78 is 0. The van der Waals surface area contributed by atoms with Crippen molar-refractivity contribution in [2.45, 2.75) is 33.1 Å². The molecular formula is C22H33N3O2. The Labute approximate surface area is 163 Å². The van der Waals surface area contributed by atoms with Crippen LogP contribution in [0.5, 0.6) is 0 Å². The van der Waals surface area contributed by atoms with Gasteiger partial charge in [0.1, 0.15) is 5.78 Å². The second-order valence-corrected chi connectivity index (χ2v) is 8.15. The summed E-state index contributed by atoms with van der Waals surface area (Å²) >= 11 is 0. The Hall–Kier alpha value is -1.72. The van der Waals surface area contributed by atoms with Crippen molar-refractivity contribution in [2.75, 3.05) is 57.3 Å². The number of hydrogen-bond donors (Lipinski definition) is 0. The van der Waals surface area contributed by atoms with E-state index >= 15 is 0 Å². The fourth-order valence-electron chi connectivity index (χ4n) is 4.26. The Kier molecular flexibility index (Phi) is 7.02. The summed E-state index contributed by atoms with van der Waals surface area (Å²) in [6.45, 7) is 11.5. The van der Waals surface area contributed by atoms with E-state index in [0.717, 1.165) is 50.7 Å². The number of rotatable bonds is 7. The minimum Gasteiger partial charge on any atom is -0.369 e. The van der Waals surface area contributed by atoms with Crippen LogP contribution in [0.3, 0.4) is 0 Å². The lowest BCUT2D eigenvalue weighted by atomic mass is 9.93. The number of nitrogens with zero attached hydrogens (tertiary/aromatic N) is 3. The van der Waals surface area contributed by atoms with Gasteiger partial charge in [0.15, 0.2) is 5.78 Å². The lowest BCUT2D eigenvalue weighted by Crippen LogP contribution is -2.47. The second kappa shape index (κ2) is 9.47. The minimum absolute atomic E-state index is 0.129. The van der Waals surface area contributed by atoms with Gasteiger partial charge in [0.05, 0.1) is 6.54 Å². The number of carbonyl (C=O) groups is 2. The lowest BCUT2D eigenvalue weighted by Gasteiger charge is -2.37. The third-order valence-corrected chi connectivity index (χ3v) is 6.00. The predicted molar refractivity (Wildman–Crippen MR) is 110 cm³/mol. The molecule has 0 aliphatic carbocycles. The van der Waals surface area contributed by atoms with Crippen molar-refractivity contribution in [2.24, 2.45) is 5.92 Å². The van der Waals surface area contributed by atoms with E-state index in [1.165, 1.54) is 31.5 Å². The van der Waals surface area contributed by atoms with Gasteiger partial charge in [-0.15, -0.1) is 0 Å². The topological polar surface area (TPSA) is 43.9 Å². The van der Waals surface area contributed by atoms with Crippen molar-refractivity contribution in [3.63, 3.8) is 0 Å². The Morgan fingerprint density at radius 3 is 2.30 bits per heavy atom. The minimum atomic E-state index is 0.129. The van der Waals surface area contributed by atoms with Gasteiger partial charge in [-0.3, -0.25) is 19.4 Å². The number of ketones is 2. The Balaban J connectivity index is 1.38. The van der Waals surface area contributed by atoms with E-state index in [0.29, 0.717) is 6.54 Å². The average Bonchev–Trinajstić information content (AvgIpc) is 2.67. The van der Waals surface area contributed by atoms with E-state index < -0.39 is 0 Å². The van der Waals surface area contributed by atoms with E-state index in [1.807, 2.05) is 18.2 Å². The van der Waals surface area contributed by atoms with Crippen molar-refractivity contribution in [3.05, 3.63) is 29.8 Å². The number of benzene rings is 1. The fraction of sp³-hybridized carbons (Fsp3) is 0.636. The third kappa shape index (κ3) is 5.88. The summed E-state index contributed by atoms with van der Waals surface area (Å²) in [5, 5.41) is 0. The fourth-order valence-corrected chi connectivity index (χ4v) is 4.26. The molecule has 0 bridgehead atoms. The van der Waals surface area contributed by atoms with Crippen molar-refractivity contribution in [3.8, 4) is 0 Å². The zero-order valence-electron chi connectivity index (χ0n) is 16.8. The van der Waals surface area contributed by atoms with Crippen LogP contribution in [0.2, 0.25) is 0 Å². The highest BCUT2D eigenvalue weighted by atomic mass is 16.1. The Morgan fingerprint density at radius 2 is 1.67 bits per heavy atom. The van der Waals surface area contributed by atoms with Gasteiger partial charge in [0.2, 0.25) is 0 Å². The molecule has 0 amide bonds. The monoisotopic (exact) mass is 371 g/mol. The van der Waals surface area contributed by atoms with Gasteiger partial charge in [-0.25, -0.2) is 0 Å². The molecule has 5 heteroatoms. The van der Waals surface area contributed by atoms with Crippen LogP contribution in [-0.2, 0) is 4.79 Å². The van der Waals surface area contributed by atoms with Crippen LogP contribution < -0.4 is 4.90 Å². The van der Waals surface area contributed by atoms with Gasteiger partial charge < -0.3 is 4.90 Å². The number of carbonyl (C=O) groups excluding carboxylic acids is 2. The first kappa shape index (κ1) is 20.0. The van der Waals surface area contributed by atoms with E-state index in [9.17, 15) is 9.59 Å². The smallest absolute Gasteiger partial charge is 0.159 e. The molecule has 0 N–H and O–H groups in total.